The fourth-order valence-electron chi connectivity index (χ4n) is 10.8. The van der Waals surface area contributed by atoms with E-state index >= 15 is 0 Å². The van der Waals surface area contributed by atoms with Crippen LogP contribution >= 0.6 is 11.3 Å². The molecular weight excluding hydrogens is 527 g/mol. The minimum Gasteiger partial charge on any atom is -0.309 e. The zero-order valence-corrected chi connectivity index (χ0v) is 24.3. The molecule has 2 heteroatoms. The van der Waals surface area contributed by atoms with Crippen molar-refractivity contribution in [3.8, 4) is 16.8 Å². The van der Waals surface area contributed by atoms with Gasteiger partial charge in [-0.15, -0.1) is 11.3 Å². The van der Waals surface area contributed by atoms with Crippen LogP contribution in [-0.2, 0) is 5.41 Å². The van der Waals surface area contributed by atoms with E-state index in [4.69, 9.17) is 0 Å². The van der Waals surface area contributed by atoms with Crippen LogP contribution in [0.25, 0.3) is 58.8 Å². The molecule has 42 heavy (non-hydrogen) atoms. The summed E-state index contributed by atoms with van der Waals surface area (Å²) in [6.07, 6.45) is 7.11. The zero-order valence-electron chi connectivity index (χ0n) is 23.5. The Labute approximate surface area is 249 Å². The first-order chi connectivity index (χ1) is 20.8. The summed E-state index contributed by atoms with van der Waals surface area (Å²) in [7, 11) is 0. The van der Waals surface area contributed by atoms with Crippen LogP contribution in [0.2, 0.25) is 0 Å². The summed E-state index contributed by atoms with van der Waals surface area (Å²) < 4.78 is 5.40. The highest BCUT2D eigenvalue weighted by atomic mass is 32.1. The maximum atomic E-state index is 2.66. The maximum absolute atomic E-state index is 2.66. The van der Waals surface area contributed by atoms with Crippen LogP contribution in [-0.4, -0.2) is 4.57 Å². The minimum absolute atomic E-state index is 0.129. The van der Waals surface area contributed by atoms with Crippen molar-refractivity contribution in [2.45, 2.75) is 37.5 Å². The molecule has 5 aliphatic carbocycles. The molecule has 0 radical (unpaired) electrons. The number of thiophene rings is 1. The molecule has 0 N–H and O–H groups in total. The van der Waals surface area contributed by atoms with Crippen molar-refractivity contribution in [2.75, 3.05) is 0 Å². The highest BCUT2D eigenvalue weighted by Gasteiger charge is 2.62. The lowest BCUT2D eigenvalue weighted by Crippen LogP contribution is -2.55. The van der Waals surface area contributed by atoms with Gasteiger partial charge in [-0.1, -0.05) is 72.8 Å². The lowest BCUT2D eigenvalue weighted by Gasteiger charge is -2.61. The standard InChI is InChI=1S/C40H31NS/c1-4-10-34-28(7-1)31-14-15-32-29-8-2-5-11-35(29)41(27-13-16-37-33(22-27)30-9-3-6-12-36(30)42-37)39(32)38(31)40(34)25-18-23-17-24(20-25)21-26(40)19-23/h1-16,22-26H,17-21H2. The second kappa shape index (κ2) is 7.74. The fraction of sp³-hybridized carbons (Fsp3) is 0.250. The van der Waals surface area contributed by atoms with E-state index in [1.54, 1.807) is 11.1 Å². The Morgan fingerprint density at radius 3 is 2.14 bits per heavy atom. The van der Waals surface area contributed by atoms with Gasteiger partial charge in [0.1, 0.15) is 0 Å². The number of rotatable bonds is 1. The van der Waals surface area contributed by atoms with Crippen LogP contribution in [0.3, 0.4) is 0 Å². The van der Waals surface area contributed by atoms with Crippen LogP contribution in [0, 0.1) is 23.7 Å². The highest BCUT2D eigenvalue weighted by molar-refractivity contribution is 7.25. The number of nitrogens with zero attached hydrogens (tertiary/aromatic N) is 1. The quantitative estimate of drug-likeness (QED) is 0.189. The Balaban J connectivity index is 1.30. The van der Waals surface area contributed by atoms with Crippen LogP contribution < -0.4 is 0 Å². The summed E-state index contributed by atoms with van der Waals surface area (Å²) in [5.74, 6) is 3.37. The molecule has 0 unspecified atom stereocenters. The topological polar surface area (TPSA) is 4.93 Å². The Hall–Kier alpha value is -3.88. The third-order valence-electron chi connectivity index (χ3n) is 12.0. The lowest BCUT2D eigenvalue weighted by molar-refractivity contribution is -0.0394. The maximum Gasteiger partial charge on any atom is 0.0588 e. The number of para-hydroxylation sites is 1. The molecule has 0 saturated heterocycles. The first-order valence-electron chi connectivity index (χ1n) is 15.9. The molecule has 5 aromatic carbocycles. The van der Waals surface area contributed by atoms with Gasteiger partial charge in [-0.05, 0) is 108 Å². The minimum atomic E-state index is 0.129. The van der Waals surface area contributed by atoms with Crippen molar-refractivity contribution >= 4 is 53.3 Å². The number of aromatic nitrogens is 1. The molecule has 4 bridgehead atoms. The molecule has 4 saturated carbocycles. The van der Waals surface area contributed by atoms with E-state index in [1.165, 1.54) is 90.9 Å². The summed E-state index contributed by atoms with van der Waals surface area (Å²) in [6.45, 7) is 0. The average molecular weight is 558 g/mol. The molecule has 202 valence electrons. The van der Waals surface area contributed by atoms with Gasteiger partial charge in [0.25, 0.3) is 0 Å². The Bertz CT molecular complexity index is 2250. The molecule has 2 heterocycles. The second-order valence-electron chi connectivity index (χ2n) is 13.7. The van der Waals surface area contributed by atoms with E-state index in [2.05, 4.69) is 108 Å². The van der Waals surface area contributed by atoms with Gasteiger partial charge in [-0.25, -0.2) is 0 Å². The van der Waals surface area contributed by atoms with Gasteiger partial charge in [0, 0.05) is 42.0 Å². The fourth-order valence-corrected chi connectivity index (χ4v) is 11.9. The van der Waals surface area contributed by atoms with Gasteiger partial charge < -0.3 is 4.57 Å². The number of benzene rings is 5. The van der Waals surface area contributed by atoms with Crippen LogP contribution in [0.4, 0.5) is 0 Å². The third kappa shape index (κ3) is 2.59. The summed E-state index contributed by atoms with van der Waals surface area (Å²) >= 11 is 1.91. The number of hydrogen-bond acceptors (Lipinski definition) is 1. The molecule has 4 fully saturated rings. The van der Waals surface area contributed by atoms with Crippen molar-refractivity contribution in [1.82, 2.24) is 4.57 Å². The van der Waals surface area contributed by atoms with Crippen molar-refractivity contribution in [2.24, 2.45) is 23.7 Å². The molecule has 1 nitrogen and oxygen atoms in total. The average Bonchev–Trinajstić information content (AvgIpc) is 3.66. The molecule has 7 aromatic rings. The molecule has 2 aromatic heterocycles. The second-order valence-corrected chi connectivity index (χ2v) is 14.8. The van der Waals surface area contributed by atoms with E-state index in [-0.39, 0.29) is 5.41 Å². The zero-order chi connectivity index (χ0) is 27.2. The molecule has 0 aliphatic heterocycles. The van der Waals surface area contributed by atoms with Crippen molar-refractivity contribution in [3.05, 3.63) is 114 Å². The van der Waals surface area contributed by atoms with Crippen molar-refractivity contribution in [1.29, 1.82) is 0 Å². The van der Waals surface area contributed by atoms with E-state index in [0.717, 1.165) is 23.7 Å². The smallest absolute Gasteiger partial charge is 0.0588 e. The van der Waals surface area contributed by atoms with Gasteiger partial charge >= 0.3 is 0 Å². The molecule has 12 rings (SSSR count). The SMILES string of the molecule is c1ccc2c(c1)-c1ccc3c4ccccc4n(-c4ccc5sc6ccccc6c5c4)c3c1C21C2CC3CC(C2)CC1C3. The van der Waals surface area contributed by atoms with Gasteiger partial charge in [-0.2, -0.15) is 0 Å². The molecular formula is C40H31NS. The monoisotopic (exact) mass is 557 g/mol. The van der Waals surface area contributed by atoms with E-state index < -0.39 is 0 Å². The first kappa shape index (κ1) is 22.7. The van der Waals surface area contributed by atoms with Gasteiger partial charge in [0.05, 0.1) is 11.0 Å². The summed E-state index contributed by atoms with van der Waals surface area (Å²) in [5.41, 5.74) is 10.5. The predicted octanol–water partition coefficient (Wildman–Crippen LogP) is 10.9. The molecule has 0 atom stereocenters. The van der Waals surface area contributed by atoms with Gasteiger partial charge in [0.15, 0.2) is 0 Å². The Kier molecular flexibility index (Phi) is 4.18. The van der Waals surface area contributed by atoms with Gasteiger partial charge in [0.2, 0.25) is 0 Å². The molecule has 5 aliphatic rings. The van der Waals surface area contributed by atoms with E-state index in [0.29, 0.717) is 0 Å². The Morgan fingerprint density at radius 2 is 1.29 bits per heavy atom. The van der Waals surface area contributed by atoms with Gasteiger partial charge in [-0.3, -0.25) is 0 Å². The first-order valence-corrected chi connectivity index (χ1v) is 16.7. The summed E-state index contributed by atoms with van der Waals surface area (Å²) in [4.78, 5) is 0. The Morgan fingerprint density at radius 1 is 0.571 bits per heavy atom. The highest BCUT2D eigenvalue weighted by Crippen LogP contribution is 2.70. The van der Waals surface area contributed by atoms with Crippen LogP contribution in [0.5, 0.6) is 0 Å². The van der Waals surface area contributed by atoms with Crippen LogP contribution in [0.1, 0.15) is 43.2 Å². The number of fused-ring (bicyclic) bond motifs is 10. The molecule has 0 amide bonds. The molecule has 1 spiro atoms. The van der Waals surface area contributed by atoms with Crippen LogP contribution in [0.15, 0.2) is 103 Å². The lowest BCUT2D eigenvalue weighted by atomic mass is 9.43. The normalized spacial score (nSPS) is 27.1. The largest absolute Gasteiger partial charge is 0.309 e. The summed E-state index contributed by atoms with van der Waals surface area (Å²) in [6, 6.07) is 39.7. The summed E-state index contributed by atoms with van der Waals surface area (Å²) in [5, 5.41) is 5.54. The number of hydrogen-bond donors (Lipinski definition) is 0. The predicted molar refractivity (Wildman–Crippen MR) is 177 cm³/mol. The van der Waals surface area contributed by atoms with Crippen molar-refractivity contribution in [3.63, 3.8) is 0 Å². The third-order valence-corrected chi connectivity index (χ3v) is 13.1. The van der Waals surface area contributed by atoms with E-state index in [9.17, 15) is 0 Å². The van der Waals surface area contributed by atoms with E-state index in [1.807, 2.05) is 11.3 Å². The van der Waals surface area contributed by atoms with Crippen molar-refractivity contribution < 1.29 is 0 Å².